The van der Waals surface area contributed by atoms with E-state index in [0.29, 0.717) is 37.6 Å². The maximum atomic E-state index is 11.5. The Bertz CT molecular complexity index is 765. The predicted octanol–water partition coefficient (Wildman–Crippen LogP) is 2.95. The minimum atomic E-state index is -0.883. The van der Waals surface area contributed by atoms with Crippen molar-refractivity contribution in [3.63, 3.8) is 0 Å². The highest BCUT2D eigenvalue weighted by atomic mass is 16.5. The van der Waals surface area contributed by atoms with Crippen LogP contribution in [0.25, 0.3) is 0 Å². The molecular weight excluding hydrogens is 342 g/mol. The van der Waals surface area contributed by atoms with Crippen molar-refractivity contribution in [2.45, 2.75) is 37.1 Å². The van der Waals surface area contributed by atoms with Crippen molar-refractivity contribution >= 4 is 0 Å². The van der Waals surface area contributed by atoms with Gasteiger partial charge in [-0.05, 0) is 36.1 Å². The largest absolute Gasteiger partial charge is 0.493 e. The first-order valence-corrected chi connectivity index (χ1v) is 9.45. The summed E-state index contributed by atoms with van der Waals surface area (Å²) < 4.78 is 16.6. The van der Waals surface area contributed by atoms with Crippen LogP contribution in [-0.4, -0.2) is 49.5 Å². The van der Waals surface area contributed by atoms with Crippen molar-refractivity contribution in [2.75, 3.05) is 27.4 Å². The molecular formula is C22H27NO4. The topological polar surface area (TPSA) is 51.2 Å². The molecule has 0 aromatic heterocycles. The second-order valence-electron chi connectivity index (χ2n) is 7.51. The van der Waals surface area contributed by atoms with Crippen LogP contribution in [0.4, 0.5) is 0 Å². The number of piperidine rings is 1. The third-order valence-corrected chi connectivity index (χ3v) is 5.83. The summed E-state index contributed by atoms with van der Waals surface area (Å²) in [4.78, 5) is 2.49. The lowest BCUT2D eigenvalue weighted by Crippen LogP contribution is -2.60. The summed E-state index contributed by atoms with van der Waals surface area (Å²) >= 11 is 0. The zero-order valence-electron chi connectivity index (χ0n) is 15.9. The fraction of sp³-hybridized carbons (Fsp3) is 0.455. The van der Waals surface area contributed by atoms with E-state index in [0.717, 1.165) is 12.1 Å². The molecule has 2 unspecified atom stereocenters. The van der Waals surface area contributed by atoms with Gasteiger partial charge in [-0.3, -0.25) is 4.90 Å². The van der Waals surface area contributed by atoms with E-state index in [1.54, 1.807) is 14.2 Å². The summed E-state index contributed by atoms with van der Waals surface area (Å²) in [6.07, 6.45) is 1.29. The Labute approximate surface area is 160 Å². The maximum Gasteiger partial charge on any atom is 0.161 e. The number of nitrogens with zero attached hydrogens (tertiary/aromatic N) is 1. The second kappa shape index (κ2) is 7.50. The molecule has 0 spiro atoms. The van der Waals surface area contributed by atoms with Crippen LogP contribution in [-0.2, 0) is 16.9 Å². The van der Waals surface area contributed by atoms with Crippen LogP contribution in [0.15, 0.2) is 48.5 Å². The molecule has 0 saturated carbocycles. The lowest BCUT2D eigenvalue weighted by Gasteiger charge is -2.52. The molecule has 2 bridgehead atoms. The predicted molar refractivity (Wildman–Crippen MR) is 103 cm³/mol. The Morgan fingerprint density at radius 1 is 1.00 bits per heavy atom. The van der Waals surface area contributed by atoms with Gasteiger partial charge >= 0.3 is 0 Å². The fourth-order valence-corrected chi connectivity index (χ4v) is 4.46. The molecule has 2 aliphatic rings. The Balaban J connectivity index is 1.58. The highest BCUT2D eigenvalue weighted by molar-refractivity contribution is 5.45. The van der Waals surface area contributed by atoms with E-state index in [-0.39, 0.29) is 12.1 Å². The average molecular weight is 369 g/mol. The molecule has 2 aromatic rings. The molecule has 0 radical (unpaired) electrons. The van der Waals surface area contributed by atoms with Gasteiger partial charge in [-0.1, -0.05) is 36.4 Å². The lowest BCUT2D eigenvalue weighted by atomic mass is 9.76. The molecule has 2 heterocycles. The molecule has 0 aliphatic carbocycles. The normalized spacial score (nSPS) is 28.0. The van der Waals surface area contributed by atoms with E-state index < -0.39 is 5.60 Å². The van der Waals surface area contributed by atoms with Crippen LogP contribution >= 0.6 is 0 Å². The number of benzene rings is 2. The molecule has 2 fully saturated rings. The molecule has 2 saturated heterocycles. The van der Waals surface area contributed by atoms with Gasteiger partial charge in [0.05, 0.1) is 33.0 Å². The summed E-state index contributed by atoms with van der Waals surface area (Å²) in [6.45, 7) is 2.19. The smallest absolute Gasteiger partial charge is 0.161 e. The van der Waals surface area contributed by atoms with Crippen LogP contribution in [0.1, 0.15) is 24.0 Å². The van der Waals surface area contributed by atoms with Crippen molar-refractivity contribution in [3.05, 3.63) is 59.7 Å². The van der Waals surface area contributed by atoms with Gasteiger partial charge in [0.25, 0.3) is 0 Å². The number of hydrogen-bond acceptors (Lipinski definition) is 5. The molecule has 5 nitrogen and oxygen atoms in total. The maximum absolute atomic E-state index is 11.5. The molecule has 1 N–H and O–H groups in total. The van der Waals surface area contributed by atoms with Crippen molar-refractivity contribution in [1.29, 1.82) is 0 Å². The van der Waals surface area contributed by atoms with E-state index >= 15 is 0 Å². The van der Waals surface area contributed by atoms with Gasteiger partial charge in [-0.15, -0.1) is 0 Å². The first-order chi connectivity index (χ1) is 13.1. The molecule has 4 rings (SSSR count). The van der Waals surface area contributed by atoms with Gasteiger partial charge in [-0.2, -0.15) is 0 Å². The van der Waals surface area contributed by atoms with Crippen LogP contribution < -0.4 is 9.47 Å². The van der Waals surface area contributed by atoms with Crippen molar-refractivity contribution in [2.24, 2.45) is 0 Å². The molecule has 5 heteroatoms. The highest BCUT2D eigenvalue weighted by Gasteiger charge is 2.47. The Hall–Kier alpha value is -2.08. The minimum Gasteiger partial charge on any atom is -0.493 e. The number of fused-ring (bicyclic) bond motifs is 2. The van der Waals surface area contributed by atoms with Gasteiger partial charge in [0.1, 0.15) is 0 Å². The standard InChI is InChI=1S/C22H27NO4/c1-25-20-9-8-17(10-21(20)26-2)22(24)11-18-14-27-15-19(12-22)23(18)13-16-6-4-3-5-7-16/h3-10,18-19,24H,11-15H2,1-2H3. The number of morpholine rings is 1. The molecule has 144 valence electrons. The van der Waals surface area contributed by atoms with Crippen molar-refractivity contribution in [1.82, 2.24) is 4.90 Å². The Morgan fingerprint density at radius 2 is 1.67 bits per heavy atom. The van der Waals surface area contributed by atoms with E-state index in [2.05, 4.69) is 29.2 Å². The van der Waals surface area contributed by atoms with E-state index in [1.807, 2.05) is 24.3 Å². The molecule has 0 amide bonds. The van der Waals surface area contributed by atoms with Crippen LogP contribution in [0.3, 0.4) is 0 Å². The van der Waals surface area contributed by atoms with Gasteiger partial charge < -0.3 is 19.3 Å². The monoisotopic (exact) mass is 369 g/mol. The minimum absolute atomic E-state index is 0.191. The Morgan fingerprint density at radius 3 is 2.30 bits per heavy atom. The fourth-order valence-electron chi connectivity index (χ4n) is 4.46. The van der Waals surface area contributed by atoms with Crippen molar-refractivity contribution < 1.29 is 19.3 Å². The first-order valence-electron chi connectivity index (χ1n) is 9.45. The second-order valence-corrected chi connectivity index (χ2v) is 7.51. The third-order valence-electron chi connectivity index (χ3n) is 5.83. The number of methoxy groups -OCH3 is 2. The van der Waals surface area contributed by atoms with Crippen LogP contribution in [0.2, 0.25) is 0 Å². The first kappa shape index (κ1) is 18.3. The van der Waals surface area contributed by atoms with Gasteiger partial charge in [0.15, 0.2) is 11.5 Å². The average Bonchev–Trinajstić information content (AvgIpc) is 2.69. The number of ether oxygens (including phenoxy) is 3. The van der Waals surface area contributed by atoms with Crippen molar-refractivity contribution in [3.8, 4) is 11.5 Å². The zero-order valence-corrected chi connectivity index (χ0v) is 15.9. The molecule has 2 atom stereocenters. The van der Waals surface area contributed by atoms with E-state index in [9.17, 15) is 5.11 Å². The van der Waals surface area contributed by atoms with Gasteiger partial charge in [0.2, 0.25) is 0 Å². The molecule has 2 aliphatic heterocycles. The Kier molecular flexibility index (Phi) is 5.08. The summed E-state index contributed by atoms with van der Waals surface area (Å²) in [5.41, 5.74) is 1.30. The van der Waals surface area contributed by atoms with Crippen LogP contribution in [0, 0.1) is 0 Å². The van der Waals surface area contributed by atoms with Gasteiger partial charge in [-0.25, -0.2) is 0 Å². The number of rotatable bonds is 5. The van der Waals surface area contributed by atoms with Crippen LogP contribution in [0.5, 0.6) is 11.5 Å². The van der Waals surface area contributed by atoms with E-state index in [4.69, 9.17) is 14.2 Å². The lowest BCUT2D eigenvalue weighted by molar-refractivity contribution is -0.149. The van der Waals surface area contributed by atoms with Gasteiger partial charge in [0, 0.05) is 18.6 Å². The number of aliphatic hydroxyl groups is 1. The zero-order chi connectivity index (χ0) is 18.9. The SMILES string of the molecule is COc1ccc(C2(O)CC3COCC(C2)N3Cc2ccccc2)cc1OC. The molecule has 2 aromatic carbocycles. The quantitative estimate of drug-likeness (QED) is 0.878. The molecule has 27 heavy (non-hydrogen) atoms. The summed E-state index contributed by atoms with van der Waals surface area (Å²) in [6, 6.07) is 16.6. The summed E-state index contributed by atoms with van der Waals surface area (Å²) in [7, 11) is 3.24. The summed E-state index contributed by atoms with van der Waals surface area (Å²) in [5.74, 6) is 1.33. The summed E-state index contributed by atoms with van der Waals surface area (Å²) in [5, 5.41) is 11.5. The highest BCUT2D eigenvalue weighted by Crippen LogP contribution is 2.43. The van der Waals surface area contributed by atoms with E-state index in [1.165, 1.54) is 5.56 Å². The number of hydrogen-bond donors (Lipinski definition) is 1. The third kappa shape index (κ3) is 3.55.